The lowest BCUT2D eigenvalue weighted by Crippen LogP contribution is -2.06. The van der Waals surface area contributed by atoms with Crippen LogP contribution in [0.1, 0.15) is 18.1 Å². The zero-order valence-corrected chi connectivity index (χ0v) is 10.8. The molecule has 2 rings (SSSR count). The molecule has 2 aromatic carbocycles. The summed E-state index contributed by atoms with van der Waals surface area (Å²) >= 11 is 0. The number of nitrogens with one attached hydrogen (secondary N) is 1. The molecule has 0 saturated heterocycles. The van der Waals surface area contributed by atoms with Crippen LogP contribution in [0.25, 0.3) is 11.1 Å². The highest BCUT2D eigenvalue weighted by atomic mass is 19.1. The second-order valence-corrected chi connectivity index (χ2v) is 4.39. The number of aryl methyl sites for hydroxylation is 1. The van der Waals surface area contributed by atoms with E-state index < -0.39 is 0 Å². The predicted octanol–water partition coefficient (Wildman–Crippen LogP) is 3.77. The second-order valence-electron chi connectivity index (χ2n) is 4.39. The quantitative estimate of drug-likeness (QED) is 0.861. The topological polar surface area (TPSA) is 12.0 Å². The Labute approximate surface area is 108 Å². The standard InChI is InChI=1S/C16H18FN/c1-3-12-4-6-13(7-5-12)14-8-9-15(11-18-2)16(17)10-14/h4-10,18H,3,11H2,1-2H3. The van der Waals surface area contributed by atoms with Crippen LogP contribution in [0, 0.1) is 5.82 Å². The minimum absolute atomic E-state index is 0.151. The van der Waals surface area contributed by atoms with Gasteiger partial charge in [-0.25, -0.2) is 4.39 Å². The third-order valence-electron chi connectivity index (χ3n) is 3.12. The van der Waals surface area contributed by atoms with Crippen molar-refractivity contribution in [2.45, 2.75) is 19.9 Å². The van der Waals surface area contributed by atoms with Crippen molar-refractivity contribution in [3.05, 3.63) is 59.4 Å². The molecule has 0 aliphatic rings. The lowest BCUT2D eigenvalue weighted by Gasteiger charge is -2.07. The molecule has 0 aliphatic heterocycles. The number of halogens is 1. The van der Waals surface area contributed by atoms with Gasteiger partial charge in [0.2, 0.25) is 0 Å². The Morgan fingerprint density at radius 2 is 1.67 bits per heavy atom. The molecule has 0 saturated carbocycles. The maximum atomic E-state index is 13.8. The van der Waals surface area contributed by atoms with E-state index in [0.29, 0.717) is 12.1 Å². The van der Waals surface area contributed by atoms with Crippen LogP contribution in [0.4, 0.5) is 4.39 Å². The second kappa shape index (κ2) is 5.78. The van der Waals surface area contributed by atoms with Crippen LogP contribution >= 0.6 is 0 Å². The first-order valence-electron chi connectivity index (χ1n) is 6.27. The van der Waals surface area contributed by atoms with Crippen molar-refractivity contribution in [3.8, 4) is 11.1 Å². The number of benzene rings is 2. The molecule has 0 aliphatic carbocycles. The summed E-state index contributed by atoms with van der Waals surface area (Å²) in [7, 11) is 1.82. The Balaban J connectivity index is 2.30. The van der Waals surface area contributed by atoms with Crippen molar-refractivity contribution in [2.75, 3.05) is 7.05 Å². The van der Waals surface area contributed by atoms with Gasteiger partial charge in [0.1, 0.15) is 5.82 Å². The molecule has 0 aromatic heterocycles. The molecule has 0 atom stereocenters. The fourth-order valence-corrected chi connectivity index (χ4v) is 1.99. The maximum absolute atomic E-state index is 13.8. The molecule has 0 amide bonds. The summed E-state index contributed by atoms with van der Waals surface area (Å²) in [6.07, 6.45) is 1.02. The van der Waals surface area contributed by atoms with Gasteiger partial charge in [0, 0.05) is 12.1 Å². The summed E-state index contributed by atoms with van der Waals surface area (Å²) in [4.78, 5) is 0. The molecule has 0 unspecified atom stereocenters. The first-order chi connectivity index (χ1) is 8.74. The van der Waals surface area contributed by atoms with E-state index in [2.05, 4.69) is 24.4 Å². The van der Waals surface area contributed by atoms with E-state index in [9.17, 15) is 4.39 Å². The van der Waals surface area contributed by atoms with Crippen molar-refractivity contribution in [2.24, 2.45) is 0 Å². The fraction of sp³-hybridized carbons (Fsp3) is 0.250. The number of hydrogen-bond acceptors (Lipinski definition) is 1. The maximum Gasteiger partial charge on any atom is 0.128 e. The van der Waals surface area contributed by atoms with Crippen molar-refractivity contribution in [1.82, 2.24) is 5.32 Å². The van der Waals surface area contributed by atoms with Crippen LogP contribution in [0.5, 0.6) is 0 Å². The highest BCUT2D eigenvalue weighted by Gasteiger charge is 2.04. The Bertz CT molecular complexity index is 517. The first-order valence-corrected chi connectivity index (χ1v) is 6.27. The molecule has 0 fully saturated rings. The summed E-state index contributed by atoms with van der Waals surface area (Å²) in [6.45, 7) is 2.68. The highest BCUT2D eigenvalue weighted by Crippen LogP contribution is 2.22. The molecule has 0 spiro atoms. The number of rotatable bonds is 4. The van der Waals surface area contributed by atoms with E-state index >= 15 is 0 Å². The zero-order valence-electron chi connectivity index (χ0n) is 10.8. The average molecular weight is 243 g/mol. The summed E-state index contributed by atoms with van der Waals surface area (Å²) in [6, 6.07) is 13.7. The molecule has 0 heterocycles. The first kappa shape index (κ1) is 12.8. The molecule has 1 N–H and O–H groups in total. The van der Waals surface area contributed by atoms with Gasteiger partial charge in [-0.15, -0.1) is 0 Å². The Morgan fingerprint density at radius 3 is 2.22 bits per heavy atom. The molecular formula is C16H18FN. The van der Waals surface area contributed by atoms with Crippen molar-refractivity contribution < 1.29 is 4.39 Å². The Hall–Kier alpha value is -1.67. The lowest BCUT2D eigenvalue weighted by atomic mass is 10.0. The lowest BCUT2D eigenvalue weighted by molar-refractivity contribution is 0.601. The minimum Gasteiger partial charge on any atom is -0.316 e. The van der Waals surface area contributed by atoms with E-state index in [1.807, 2.05) is 31.3 Å². The molecule has 1 nitrogen and oxygen atoms in total. The van der Waals surface area contributed by atoms with Crippen molar-refractivity contribution in [1.29, 1.82) is 0 Å². The zero-order chi connectivity index (χ0) is 13.0. The largest absolute Gasteiger partial charge is 0.316 e. The molecular weight excluding hydrogens is 225 g/mol. The van der Waals surface area contributed by atoms with E-state index in [1.165, 1.54) is 5.56 Å². The van der Waals surface area contributed by atoms with Crippen LogP contribution in [-0.2, 0) is 13.0 Å². The molecule has 0 radical (unpaired) electrons. The summed E-state index contributed by atoms with van der Waals surface area (Å²) in [5.41, 5.74) is 3.98. The van der Waals surface area contributed by atoms with Crippen LogP contribution in [0.2, 0.25) is 0 Å². The van der Waals surface area contributed by atoms with Gasteiger partial charge in [-0.05, 0) is 36.2 Å². The summed E-state index contributed by atoms with van der Waals surface area (Å²) in [5, 5.41) is 2.96. The van der Waals surface area contributed by atoms with Gasteiger partial charge in [0.25, 0.3) is 0 Å². The molecule has 2 aromatic rings. The van der Waals surface area contributed by atoms with E-state index in [0.717, 1.165) is 17.5 Å². The monoisotopic (exact) mass is 243 g/mol. The molecule has 18 heavy (non-hydrogen) atoms. The SMILES string of the molecule is CCc1ccc(-c2ccc(CNC)c(F)c2)cc1. The average Bonchev–Trinajstić information content (AvgIpc) is 2.41. The van der Waals surface area contributed by atoms with E-state index in [1.54, 1.807) is 6.07 Å². The summed E-state index contributed by atoms with van der Waals surface area (Å²) < 4.78 is 13.8. The van der Waals surface area contributed by atoms with E-state index in [4.69, 9.17) is 0 Å². The van der Waals surface area contributed by atoms with Crippen LogP contribution in [0.15, 0.2) is 42.5 Å². The summed E-state index contributed by atoms with van der Waals surface area (Å²) in [5.74, 6) is -0.151. The van der Waals surface area contributed by atoms with Crippen molar-refractivity contribution >= 4 is 0 Å². The third-order valence-corrected chi connectivity index (χ3v) is 3.12. The normalized spacial score (nSPS) is 10.6. The predicted molar refractivity (Wildman–Crippen MR) is 74.0 cm³/mol. The number of hydrogen-bond donors (Lipinski definition) is 1. The van der Waals surface area contributed by atoms with Gasteiger partial charge in [0.15, 0.2) is 0 Å². The Kier molecular flexibility index (Phi) is 4.11. The third kappa shape index (κ3) is 2.77. The Morgan fingerprint density at radius 1 is 1.00 bits per heavy atom. The fourth-order valence-electron chi connectivity index (χ4n) is 1.99. The highest BCUT2D eigenvalue weighted by molar-refractivity contribution is 5.64. The van der Waals surface area contributed by atoms with Crippen LogP contribution in [0.3, 0.4) is 0 Å². The van der Waals surface area contributed by atoms with Gasteiger partial charge < -0.3 is 5.32 Å². The van der Waals surface area contributed by atoms with Gasteiger partial charge >= 0.3 is 0 Å². The van der Waals surface area contributed by atoms with Gasteiger partial charge in [-0.1, -0.05) is 43.3 Å². The molecule has 94 valence electrons. The minimum atomic E-state index is -0.151. The van der Waals surface area contributed by atoms with Crippen LogP contribution in [-0.4, -0.2) is 7.05 Å². The van der Waals surface area contributed by atoms with Gasteiger partial charge in [0.05, 0.1) is 0 Å². The van der Waals surface area contributed by atoms with Gasteiger partial charge in [-0.2, -0.15) is 0 Å². The van der Waals surface area contributed by atoms with Crippen molar-refractivity contribution in [3.63, 3.8) is 0 Å². The van der Waals surface area contributed by atoms with Gasteiger partial charge in [-0.3, -0.25) is 0 Å². The van der Waals surface area contributed by atoms with Crippen LogP contribution < -0.4 is 5.32 Å². The molecule has 2 heteroatoms. The van der Waals surface area contributed by atoms with E-state index in [-0.39, 0.29) is 5.82 Å². The molecule has 0 bridgehead atoms. The smallest absolute Gasteiger partial charge is 0.128 e.